The first-order valence-corrected chi connectivity index (χ1v) is 5.76. The third-order valence-electron chi connectivity index (χ3n) is 1.46. The van der Waals surface area contributed by atoms with Gasteiger partial charge in [-0.1, -0.05) is 53.9 Å². The van der Waals surface area contributed by atoms with Crippen molar-refractivity contribution in [1.29, 1.82) is 0 Å². The molecule has 0 aromatic carbocycles. The Kier molecular flexibility index (Phi) is 3.35. The lowest BCUT2D eigenvalue weighted by atomic mass is 10.0. The maximum atomic E-state index is 12.8. The summed E-state index contributed by atoms with van der Waals surface area (Å²) in [7, 11) is 0. The van der Waals surface area contributed by atoms with Crippen molar-refractivity contribution in [2.75, 3.05) is 5.33 Å². The van der Waals surface area contributed by atoms with Gasteiger partial charge in [0.2, 0.25) is 0 Å². The molecular formula is C7H6Br3F. The predicted octanol–water partition coefficient (Wildman–Crippen LogP) is 4.05. The Morgan fingerprint density at radius 1 is 1.64 bits per heavy atom. The Bertz CT molecular complexity index is 222. The van der Waals surface area contributed by atoms with Gasteiger partial charge in [0.15, 0.2) is 0 Å². The molecule has 0 bridgehead atoms. The van der Waals surface area contributed by atoms with E-state index < -0.39 is 0 Å². The van der Waals surface area contributed by atoms with Crippen molar-refractivity contribution in [3.05, 3.63) is 22.5 Å². The first kappa shape index (κ1) is 9.93. The van der Waals surface area contributed by atoms with Crippen LogP contribution in [0.2, 0.25) is 0 Å². The highest BCUT2D eigenvalue weighted by Crippen LogP contribution is 2.38. The van der Waals surface area contributed by atoms with Crippen LogP contribution in [-0.2, 0) is 0 Å². The first-order valence-electron chi connectivity index (χ1n) is 3.06. The number of allylic oxidation sites excluding steroid dienone is 4. The number of rotatable bonds is 1. The second kappa shape index (κ2) is 3.71. The molecule has 0 amide bonds. The fourth-order valence-electron chi connectivity index (χ4n) is 0.806. The van der Waals surface area contributed by atoms with Crippen molar-refractivity contribution in [2.45, 2.75) is 10.7 Å². The smallest absolute Gasteiger partial charge is 0.133 e. The molecule has 0 saturated heterocycles. The summed E-state index contributed by atoms with van der Waals surface area (Å²) in [6.07, 6.45) is 3.95. The highest BCUT2D eigenvalue weighted by Gasteiger charge is 2.27. The molecule has 0 heterocycles. The number of hydrogen-bond donors (Lipinski definition) is 0. The van der Waals surface area contributed by atoms with Crippen molar-refractivity contribution in [2.24, 2.45) is 0 Å². The predicted molar refractivity (Wildman–Crippen MR) is 56.3 cm³/mol. The topological polar surface area (TPSA) is 0 Å². The normalized spacial score (nSPS) is 31.3. The molecule has 0 aromatic heterocycles. The molecule has 0 aliphatic heterocycles. The van der Waals surface area contributed by atoms with E-state index in [0.717, 1.165) is 5.33 Å². The van der Waals surface area contributed by atoms with E-state index in [4.69, 9.17) is 0 Å². The summed E-state index contributed by atoms with van der Waals surface area (Å²) in [5.74, 6) is -0.180. The van der Waals surface area contributed by atoms with Gasteiger partial charge in [0, 0.05) is 16.2 Å². The molecule has 1 aliphatic carbocycles. The van der Waals surface area contributed by atoms with Crippen LogP contribution in [0.5, 0.6) is 0 Å². The molecule has 0 nitrogen and oxygen atoms in total. The molecule has 1 rings (SSSR count). The van der Waals surface area contributed by atoms with Gasteiger partial charge in [0.25, 0.3) is 0 Å². The van der Waals surface area contributed by atoms with E-state index in [0.29, 0.717) is 10.9 Å². The van der Waals surface area contributed by atoms with Crippen molar-refractivity contribution in [1.82, 2.24) is 0 Å². The van der Waals surface area contributed by atoms with Gasteiger partial charge < -0.3 is 0 Å². The molecule has 0 saturated carbocycles. The summed E-state index contributed by atoms with van der Waals surface area (Å²) < 4.78 is 13.3. The minimum atomic E-state index is -0.180. The highest BCUT2D eigenvalue weighted by atomic mass is 79.9. The Balaban J connectivity index is 2.81. The van der Waals surface area contributed by atoms with E-state index >= 15 is 0 Å². The van der Waals surface area contributed by atoms with Crippen molar-refractivity contribution in [3.63, 3.8) is 0 Å². The number of hydrogen-bond acceptors (Lipinski definition) is 0. The summed E-state index contributed by atoms with van der Waals surface area (Å²) >= 11 is 10.0. The fourth-order valence-corrected chi connectivity index (χ4v) is 2.61. The van der Waals surface area contributed by atoms with E-state index in [1.165, 1.54) is 6.08 Å². The van der Waals surface area contributed by atoms with Crippen molar-refractivity contribution >= 4 is 47.8 Å². The van der Waals surface area contributed by atoms with Crippen LogP contribution in [0.3, 0.4) is 0 Å². The van der Waals surface area contributed by atoms with Crippen molar-refractivity contribution < 1.29 is 4.39 Å². The molecule has 1 unspecified atom stereocenters. The molecular weight excluding hydrogens is 343 g/mol. The summed E-state index contributed by atoms with van der Waals surface area (Å²) in [6.45, 7) is 0. The van der Waals surface area contributed by atoms with E-state index in [1.54, 1.807) is 0 Å². The van der Waals surface area contributed by atoms with Crippen LogP contribution >= 0.6 is 47.8 Å². The van der Waals surface area contributed by atoms with Gasteiger partial charge in [-0.05, 0) is 6.08 Å². The molecule has 1 aliphatic rings. The molecule has 0 N–H and O–H groups in total. The SMILES string of the molecule is FC1=C(Br)CC(Br)(CBr)C=C1. The zero-order chi connectivity index (χ0) is 8.48. The zero-order valence-corrected chi connectivity index (χ0v) is 10.3. The van der Waals surface area contributed by atoms with Gasteiger partial charge in [-0.15, -0.1) is 0 Å². The van der Waals surface area contributed by atoms with Crippen LogP contribution in [0.15, 0.2) is 22.5 Å². The molecule has 0 fully saturated rings. The Hall–Kier alpha value is 0.850. The van der Waals surface area contributed by atoms with Gasteiger partial charge in [0.05, 0.1) is 4.32 Å². The molecule has 0 aromatic rings. The lowest BCUT2D eigenvalue weighted by Gasteiger charge is -2.23. The second-order valence-corrected chi connectivity index (χ2v) is 5.53. The molecule has 4 heteroatoms. The monoisotopic (exact) mass is 346 g/mol. The standard InChI is InChI=1S/C7H6Br3F/c8-4-7(10)2-1-6(11)5(9)3-7/h1-2H,3-4H2. The maximum absolute atomic E-state index is 12.8. The Morgan fingerprint density at radius 3 is 2.73 bits per heavy atom. The van der Waals surface area contributed by atoms with Gasteiger partial charge in [-0.3, -0.25) is 0 Å². The van der Waals surface area contributed by atoms with Gasteiger partial charge in [0.1, 0.15) is 5.83 Å². The summed E-state index contributed by atoms with van der Waals surface area (Å²) in [4.78, 5) is 0. The molecule has 62 valence electrons. The maximum Gasteiger partial charge on any atom is 0.133 e. The summed E-state index contributed by atoms with van der Waals surface area (Å²) in [6, 6.07) is 0. The van der Waals surface area contributed by atoms with Crippen LogP contribution in [0, 0.1) is 0 Å². The Morgan fingerprint density at radius 2 is 2.27 bits per heavy atom. The van der Waals surface area contributed by atoms with E-state index in [-0.39, 0.29) is 10.2 Å². The lowest BCUT2D eigenvalue weighted by Crippen LogP contribution is -2.21. The largest absolute Gasteiger partial charge is 0.206 e. The van der Waals surface area contributed by atoms with E-state index in [1.807, 2.05) is 6.08 Å². The van der Waals surface area contributed by atoms with Gasteiger partial charge in [-0.25, -0.2) is 4.39 Å². The third-order valence-corrected chi connectivity index (χ3v) is 4.70. The minimum absolute atomic E-state index is 0.124. The highest BCUT2D eigenvalue weighted by molar-refractivity contribution is 9.12. The number of halogens is 4. The van der Waals surface area contributed by atoms with Crippen LogP contribution < -0.4 is 0 Å². The Labute approximate surface area is 90.3 Å². The van der Waals surface area contributed by atoms with Gasteiger partial charge in [-0.2, -0.15) is 0 Å². The minimum Gasteiger partial charge on any atom is -0.206 e. The average molecular weight is 349 g/mol. The zero-order valence-electron chi connectivity index (χ0n) is 5.58. The van der Waals surface area contributed by atoms with Gasteiger partial charge >= 0.3 is 0 Å². The third kappa shape index (κ3) is 2.39. The van der Waals surface area contributed by atoms with Crippen LogP contribution in [0.4, 0.5) is 4.39 Å². The molecule has 1 atom stereocenters. The molecule has 11 heavy (non-hydrogen) atoms. The lowest BCUT2D eigenvalue weighted by molar-refractivity contribution is 0.638. The average Bonchev–Trinajstić information content (AvgIpc) is 1.98. The van der Waals surface area contributed by atoms with E-state index in [2.05, 4.69) is 47.8 Å². The summed E-state index contributed by atoms with van der Waals surface area (Å²) in [5, 5.41) is 0.777. The number of alkyl halides is 2. The van der Waals surface area contributed by atoms with Crippen LogP contribution in [0.1, 0.15) is 6.42 Å². The first-order chi connectivity index (χ1) is 5.07. The van der Waals surface area contributed by atoms with Crippen molar-refractivity contribution in [3.8, 4) is 0 Å². The van der Waals surface area contributed by atoms with Crippen LogP contribution in [0.25, 0.3) is 0 Å². The fraction of sp³-hybridized carbons (Fsp3) is 0.429. The molecule has 0 spiro atoms. The molecule has 0 radical (unpaired) electrons. The van der Waals surface area contributed by atoms with Crippen LogP contribution in [-0.4, -0.2) is 9.65 Å². The second-order valence-electron chi connectivity index (χ2n) is 2.43. The van der Waals surface area contributed by atoms with E-state index in [9.17, 15) is 4.39 Å². The summed E-state index contributed by atoms with van der Waals surface area (Å²) in [5.41, 5.74) is 0. The quantitative estimate of drug-likeness (QED) is 0.627.